The third kappa shape index (κ3) is 4.78. The maximum absolute atomic E-state index is 13.3. The zero-order chi connectivity index (χ0) is 25.9. The zero-order valence-electron chi connectivity index (χ0n) is 20.8. The van der Waals surface area contributed by atoms with E-state index >= 15 is 0 Å². The van der Waals surface area contributed by atoms with E-state index in [0.717, 1.165) is 21.8 Å². The van der Waals surface area contributed by atoms with Gasteiger partial charge in [0, 0.05) is 0 Å². The van der Waals surface area contributed by atoms with Crippen LogP contribution in [0.4, 0.5) is 4.79 Å². The fraction of sp³-hybridized carbons (Fsp3) is 0.345. The van der Waals surface area contributed by atoms with Crippen LogP contribution in [0.2, 0.25) is 0 Å². The van der Waals surface area contributed by atoms with Crippen LogP contribution in [-0.4, -0.2) is 41.1 Å². The molecule has 4 atom stereocenters. The van der Waals surface area contributed by atoms with E-state index in [9.17, 15) is 19.5 Å². The highest BCUT2D eigenvalue weighted by Crippen LogP contribution is 2.45. The molecular formula is C29H32N2O5. The summed E-state index contributed by atoms with van der Waals surface area (Å²) in [5, 5.41) is 12.9. The summed E-state index contributed by atoms with van der Waals surface area (Å²) in [6.45, 7) is 3.72. The molecule has 0 radical (unpaired) electrons. The lowest BCUT2D eigenvalue weighted by Gasteiger charge is -2.51. The van der Waals surface area contributed by atoms with E-state index in [4.69, 9.17) is 4.74 Å². The Morgan fingerprint density at radius 2 is 1.67 bits per heavy atom. The lowest BCUT2D eigenvalue weighted by molar-refractivity contribution is -0.177. The van der Waals surface area contributed by atoms with Crippen LogP contribution in [-0.2, 0) is 14.3 Å². The number of imide groups is 1. The van der Waals surface area contributed by atoms with Crippen molar-refractivity contribution in [1.82, 2.24) is 10.2 Å². The molecule has 0 bridgehead atoms. The van der Waals surface area contributed by atoms with Gasteiger partial charge in [-0.1, -0.05) is 73.7 Å². The summed E-state index contributed by atoms with van der Waals surface area (Å²) in [5.41, 5.74) is 0.513. The molecule has 2 aliphatic rings. The second kappa shape index (κ2) is 10.4. The molecule has 2 aromatic rings. The topological polar surface area (TPSA) is 95.9 Å². The standard InChI is InChI=1S/C29H32N2O5/c1-19-18-23(36-3)15-14-20(19)16-17-29(2)25(26(32)33)31(27(29)34)28(35)30-24(21-10-6-4-7-11-21)22-12-8-5-9-13-22/h4-15,18-20,24-25H,16-17H2,1-3H3,(H,30,35)(H,32,33)/t19?,20?,25-,29-/m1/s1. The number of carbonyl (C=O) groups excluding carboxylic acids is 2. The van der Waals surface area contributed by atoms with E-state index in [1.54, 1.807) is 14.0 Å². The number of benzene rings is 2. The second-order valence-corrected chi connectivity index (χ2v) is 9.73. The predicted octanol–water partition coefficient (Wildman–Crippen LogP) is 4.92. The van der Waals surface area contributed by atoms with Crippen molar-refractivity contribution in [1.29, 1.82) is 0 Å². The van der Waals surface area contributed by atoms with Crippen LogP contribution in [0.15, 0.2) is 84.7 Å². The van der Waals surface area contributed by atoms with E-state index in [1.807, 2.05) is 78.9 Å². The summed E-state index contributed by atoms with van der Waals surface area (Å²) in [6, 6.07) is 16.3. The first kappa shape index (κ1) is 25.2. The SMILES string of the molecule is COC1=CC(C)C(CC[C@@]2(C)C(=O)N(C(=O)NC(c3ccccc3)c3ccccc3)[C@@H]2C(=O)O)C=C1. The van der Waals surface area contributed by atoms with Crippen molar-refractivity contribution >= 4 is 17.9 Å². The van der Waals surface area contributed by atoms with E-state index in [1.165, 1.54) is 0 Å². The molecule has 1 fully saturated rings. The van der Waals surface area contributed by atoms with Crippen molar-refractivity contribution in [3.05, 3.63) is 95.8 Å². The predicted molar refractivity (Wildman–Crippen MR) is 136 cm³/mol. The van der Waals surface area contributed by atoms with Crippen molar-refractivity contribution in [2.75, 3.05) is 7.11 Å². The van der Waals surface area contributed by atoms with Crippen LogP contribution in [0, 0.1) is 17.3 Å². The van der Waals surface area contributed by atoms with Crippen LogP contribution in [0.1, 0.15) is 43.9 Å². The molecule has 1 heterocycles. The first-order chi connectivity index (χ1) is 17.3. The molecule has 0 aromatic heterocycles. The highest BCUT2D eigenvalue weighted by molar-refractivity contribution is 6.09. The van der Waals surface area contributed by atoms with Crippen LogP contribution in [0.3, 0.4) is 0 Å². The molecule has 0 saturated carbocycles. The number of allylic oxidation sites excluding steroid dienone is 3. The van der Waals surface area contributed by atoms with Gasteiger partial charge in [0.15, 0.2) is 6.04 Å². The number of carbonyl (C=O) groups is 3. The number of carboxylic acid groups (broad SMARTS) is 1. The molecule has 36 heavy (non-hydrogen) atoms. The number of urea groups is 1. The summed E-state index contributed by atoms with van der Waals surface area (Å²) >= 11 is 0. The molecule has 1 aliphatic heterocycles. The average molecular weight is 489 g/mol. The van der Waals surface area contributed by atoms with Gasteiger partial charge >= 0.3 is 12.0 Å². The number of amides is 3. The summed E-state index contributed by atoms with van der Waals surface area (Å²) in [7, 11) is 1.62. The smallest absolute Gasteiger partial charge is 0.328 e. The van der Waals surface area contributed by atoms with E-state index in [2.05, 4.69) is 12.2 Å². The van der Waals surface area contributed by atoms with Crippen LogP contribution in [0.25, 0.3) is 0 Å². The van der Waals surface area contributed by atoms with Gasteiger partial charge in [0.05, 0.1) is 18.6 Å². The molecule has 2 N–H and O–H groups in total. The highest BCUT2D eigenvalue weighted by Gasteiger charge is 2.63. The first-order valence-electron chi connectivity index (χ1n) is 12.2. The summed E-state index contributed by atoms with van der Waals surface area (Å²) in [4.78, 5) is 39.8. The molecule has 1 aliphatic carbocycles. The van der Waals surface area contributed by atoms with Crippen molar-refractivity contribution < 1.29 is 24.2 Å². The summed E-state index contributed by atoms with van der Waals surface area (Å²) in [5.74, 6) is -0.498. The number of methoxy groups -OCH3 is 1. The minimum Gasteiger partial charge on any atom is -0.497 e. The fourth-order valence-corrected chi connectivity index (χ4v) is 5.20. The van der Waals surface area contributed by atoms with Crippen LogP contribution >= 0.6 is 0 Å². The Morgan fingerprint density at radius 3 is 2.17 bits per heavy atom. The molecular weight excluding hydrogens is 456 g/mol. The summed E-state index contributed by atoms with van der Waals surface area (Å²) in [6.07, 6.45) is 6.96. The molecule has 1 saturated heterocycles. The Morgan fingerprint density at radius 1 is 1.08 bits per heavy atom. The normalized spacial score (nSPS) is 25.2. The van der Waals surface area contributed by atoms with Gasteiger partial charge in [0.1, 0.15) is 5.76 Å². The Bertz CT molecular complexity index is 1140. The van der Waals surface area contributed by atoms with Gasteiger partial charge in [-0.05, 0) is 54.9 Å². The number of rotatable bonds is 8. The number of nitrogens with zero attached hydrogens (tertiary/aromatic N) is 1. The monoisotopic (exact) mass is 488 g/mol. The zero-order valence-corrected chi connectivity index (χ0v) is 20.8. The van der Waals surface area contributed by atoms with Crippen LogP contribution < -0.4 is 5.32 Å². The second-order valence-electron chi connectivity index (χ2n) is 9.73. The molecule has 188 valence electrons. The van der Waals surface area contributed by atoms with Gasteiger partial charge in [-0.25, -0.2) is 14.5 Å². The van der Waals surface area contributed by atoms with Gasteiger partial charge in [-0.2, -0.15) is 0 Å². The van der Waals surface area contributed by atoms with Crippen molar-refractivity contribution in [2.24, 2.45) is 17.3 Å². The van der Waals surface area contributed by atoms with Gasteiger partial charge in [0.25, 0.3) is 0 Å². The largest absolute Gasteiger partial charge is 0.497 e. The summed E-state index contributed by atoms with van der Waals surface area (Å²) < 4.78 is 5.28. The Labute approximate surface area is 211 Å². The van der Waals surface area contributed by atoms with Crippen molar-refractivity contribution in [3.8, 4) is 0 Å². The van der Waals surface area contributed by atoms with Crippen molar-refractivity contribution in [2.45, 2.75) is 38.8 Å². The third-order valence-corrected chi connectivity index (χ3v) is 7.40. The lowest BCUT2D eigenvalue weighted by atomic mass is 9.67. The molecule has 4 rings (SSSR count). The number of β-lactam (4-membered cyclic amide) rings is 1. The molecule has 0 spiro atoms. The minimum absolute atomic E-state index is 0.159. The Hall–Kier alpha value is -3.87. The maximum atomic E-state index is 13.3. The number of carboxylic acids is 1. The van der Waals surface area contributed by atoms with E-state index in [0.29, 0.717) is 12.8 Å². The first-order valence-corrected chi connectivity index (χ1v) is 12.2. The fourth-order valence-electron chi connectivity index (χ4n) is 5.20. The number of aliphatic carboxylic acids is 1. The van der Waals surface area contributed by atoms with E-state index < -0.39 is 35.4 Å². The maximum Gasteiger partial charge on any atom is 0.328 e. The van der Waals surface area contributed by atoms with E-state index in [-0.39, 0.29) is 11.8 Å². The molecule has 2 unspecified atom stereocenters. The average Bonchev–Trinajstić information content (AvgIpc) is 2.89. The number of likely N-dealkylation sites (tertiary alicyclic amines) is 1. The van der Waals surface area contributed by atoms with Gasteiger partial charge in [-0.15, -0.1) is 0 Å². The van der Waals surface area contributed by atoms with Gasteiger partial charge in [0.2, 0.25) is 5.91 Å². The molecule has 3 amide bonds. The number of ether oxygens (including phenoxy) is 1. The highest BCUT2D eigenvalue weighted by atomic mass is 16.5. The van der Waals surface area contributed by atoms with Crippen LogP contribution in [0.5, 0.6) is 0 Å². The third-order valence-electron chi connectivity index (χ3n) is 7.40. The number of hydrogen-bond donors (Lipinski definition) is 2. The molecule has 7 nitrogen and oxygen atoms in total. The molecule has 7 heteroatoms. The minimum atomic E-state index is -1.23. The number of hydrogen-bond acceptors (Lipinski definition) is 4. The molecule has 2 aromatic carbocycles. The Balaban J connectivity index is 1.50. The van der Waals surface area contributed by atoms with Gasteiger partial charge < -0.3 is 15.2 Å². The quantitative estimate of drug-likeness (QED) is 0.514. The lowest BCUT2D eigenvalue weighted by Crippen LogP contribution is -2.73. The number of nitrogens with one attached hydrogen (secondary N) is 1. The Kier molecular flexibility index (Phi) is 7.29. The van der Waals surface area contributed by atoms with Crippen molar-refractivity contribution in [3.63, 3.8) is 0 Å². The van der Waals surface area contributed by atoms with Gasteiger partial charge in [-0.3, -0.25) is 4.79 Å².